The van der Waals surface area contributed by atoms with Crippen LogP contribution in [0.3, 0.4) is 0 Å². The number of H-pyrrole nitrogens is 1. The third kappa shape index (κ3) is 3.06. The number of carbonyl (C=O) groups excluding carboxylic acids is 1. The standard InChI is InChI=1S/C12H15N5O2/c1-3-6-17-11(18)5-4-9(16-17)12(19)13-10-7-8(2)14-15-10/h4-5,7H,3,6H2,1-2H3,(H2,13,14,15,19). The molecule has 0 spiro atoms. The van der Waals surface area contributed by atoms with Gasteiger partial charge in [-0.1, -0.05) is 6.92 Å². The second kappa shape index (κ2) is 5.47. The summed E-state index contributed by atoms with van der Waals surface area (Å²) in [5.41, 5.74) is 0.821. The zero-order valence-electron chi connectivity index (χ0n) is 10.8. The number of hydrogen-bond acceptors (Lipinski definition) is 4. The Morgan fingerprint density at radius 3 is 2.89 bits per heavy atom. The predicted molar refractivity (Wildman–Crippen MR) is 70.1 cm³/mol. The summed E-state index contributed by atoms with van der Waals surface area (Å²) in [4.78, 5) is 23.4. The van der Waals surface area contributed by atoms with E-state index in [1.54, 1.807) is 6.07 Å². The van der Waals surface area contributed by atoms with Crippen molar-refractivity contribution in [2.75, 3.05) is 5.32 Å². The van der Waals surface area contributed by atoms with Crippen LogP contribution >= 0.6 is 0 Å². The fraction of sp³-hybridized carbons (Fsp3) is 0.333. The van der Waals surface area contributed by atoms with E-state index >= 15 is 0 Å². The van der Waals surface area contributed by atoms with Crippen molar-refractivity contribution in [3.8, 4) is 0 Å². The van der Waals surface area contributed by atoms with Gasteiger partial charge in [-0.2, -0.15) is 10.2 Å². The summed E-state index contributed by atoms with van der Waals surface area (Å²) < 4.78 is 1.28. The predicted octanol–water partition coefficient (Wildman–Crippen LogP) is 0.937. The molecule has 7 heteroatoms. The molecule has 2 rings (SSSR count). The number of nitrogens with zero attached hydrogens (tertiary/aromatic N) is 3. The first-order valence-electron chi connectivity index (χ1n) is 6.01. The third-order valence-electron chi connectivity index (χ3n) is 2.48. The number of anilines is 1. The maximum absolute atomic E-state index is 11.9. The highest BCUT2D eigenvalue weighted by Crippen LogP contribution is 2.05. The fourth-order valence-electron chi connectivity index (χ4n) is 1.60. The molecule has 2 N–H and O–H groups in total. The first kappa shape index (κ1) is 13.0. The van der Waals surface area contributed by atoms with E-state index in [1.807, 2.05) is 13.8 Å². The Morgan fingerprint density at radius 1 is 1.47 bits per heavy atom. The minimum absolute atomic E-state index is 0.189. The Balaban J connectivity index is 2.19. The van der Waals surface area contributed by atoms with Crippen LogP contribution in [0.25, 0.3) is 0 Å². The normalized spacial score (nSPS) is 10.4. The van der Waals surface area contributed by atoms with E-state index < -0.39 is 5.91 Å². The van der Waals surface area contributed by atoms with Crippen molar-refractivity contribution in [2.24, 2.45) is 0 Å². The van der Waals surface area contributed by atoms with Crippen LogP contribution in [-0.4, -0.2) is 25.9 Å². The number of amides is 1. The van der Waals surface area contributed by atoms with E-state index in [2.05, 4.69) is 20.6 Å². The lowest BCUT2D eigenvalue weighted by molar-refractivity contribution is 0.101. The topological polar surface area (TPSA) is 92.7 Å². The summed E-state index contributed by atoms with van der Waals surface area (Å²) in [6.07, 6.45) is 0.774. The highest BCUT2D eigenvalue weighted by atomic mass is 16.2. The molecule has 7 nitrogen and oxygen atoms in total. The van der Waals surface area contributed by atoms with Crippen molar-refractivity contribution in [3.05, 3.63) is 39.9 Å². The minimum atomic E-state index is -0.392. The molecule has 0 aliphatic rings. The van der Waals surface area contributed by atoms with Crippen molar-refractivity contribution < 1.29 is 4.79 Å². The highest BCUT2D eigenvalue weighted by Gasteiger charge is 2.11. The minimum Gasteiger partial charge on any atom is -0.304 e. The van der Waals surface area contributed by atoms with Crippen LogP contribution in [0.4, 0.5) is 5.82 Å². The molecule has 0 saturated heterocycles. The van der Waals surface area contributed by atoms with E-state index in [9.17, 15) is 9.59 Å². The largest absolute Gasteiger partial charge is 0.304 e. The molecule has 0 aromatic carbocycles. The van der Waals surface area contributed by atoms with Crippen LogP contribution in [0, 0.1) is 6.92 Å². The first-order valence-corrected chi connectivity index (χ1v) is 6.01. The summed E-state index contributed by atoms with van der Waals surface area (Å²) in [5, 5.41) is 13.3. The molecule has 0 radical (unpaired) electrons. The lowest BCUT2D eigenvalue weighted by Crippen LogP contribution is -2.26. The number of carbonyl (C=O) groups is 1. The first-order chi connectivity index (χ1) is 9.10. The van der Waals surface area contributed by atoms with Crippen LogP contribution in [0.2, 0.25) is 0 Å². The summed E-state index contributed by atoms with van der Waals surface area (Å²) in [5.74, 6) is 0.0360. The van der Waals surface area contributed by atoms with Crippen LogP contribution in [0.1, 0.15) is 29.5 Å². The molecule has 2 heterocycles. The maximum atomic E-state index is 11.9. The highest BCUT2D eigenvalue weighted by molar-refractivity contribution is 6.02. The van der Waals surface area contributed by atoms with E-state index in [0.29, 0.717) is 12.4 Å². The summed E-state index contributed by atoms with van der Waals surface area (Å²) in [7, 11) is 0. The molecule has 2 aromatic heterocycles. The van der Waals surface area contributed by atoms with Crippen molar-refractivity contribution in [1.82, 2.24) is 20.0 Å². The average molecular weight is 261 g/mol. The van der Waals surface area contributed by atoms with Gasteiger partial charge in [0.2, 0.25) is 0 Å². The van der Waals surface area contributed by atoms with Crippen molar-refractivity contribution >= 4 is 11.7 Å². The van der Waals surface area contributed by atoms with E-state index in [-0.39, 0.29) is 11.3 Å². The van der Waals surface area contributed by atoms with Crippen molar-refractivity contribution in [3.63, 3.8) is 0 Å². The van der Waals surface area contributed by atoms with Crippen molar-refractivity contribution in [2.45, 2.75) is 26.8 Å². The van der Waals surface area contributed by atoms with Crippen LogP contribution in [-0.2, 0) is 6.54 Å². The molecular formula is C12H15N5O2. The summed E-state index contributed by atoms with van der Waals surface area (Å²) in [6.45, 7) is 4.26. The summed E-state index contributed by atoms with van der Waals surface area (Å²) >= 11 is 0. The second-order valence-electron chi connectivity index (χ2n) is 4.17. The van der Waals surface area contributed by atoms with Gasteiger partial charge < -0.3 is 5.32 Å². The molecule has 0 fully saturated rings. The fourth-order valence-corrected chi connectivity index (χ4v) is 1.60. The molecule has 19 heavy (non-hydrogen) atoms. The number of aryl methyl sites for hydroxylation is 2. The van der Waals surface area contributed by atoms with Gasteiger partial charge in [0.25, 0.3) is 11.5 Å². The van der Waals surface area contributed by atoms with Gasteiger partial charge in [-0.25, -0.2) is 4.68 Å². The molecule has 0 aliphatic heterocycles. The molecule has 100 valence electrons. The van der Waals surface area contributed by atoms with Crippen LogP contribution in [0.5, 0.6) is 0 Å². The Labute approximate surface area is 109 Å². The molecule has 0 atom stereocenters. The molecule has 0 bridgehead atoms. The monoisotopic (exact) mass is 261 g/mol. The van der Waals surface area contributed by atoms with Crippen molar-refractivity contribution in [1.29, 1.82) is 0 Å². The quantitative estimate of drug-likeness (QED) is 0.856. The Hall–Kier alpha value is -2.44. The SMILES string of the molecule is CCCn1nc(C(=O)Nc2cc(C)[nH]n2)ccc1=O. The smallest absolute Gasteiger partial charge is 0.277 e. The number of aromatic amines is 1. The second-order valence-corrected chi connectivity index (χ2v) is 4.17. The molecule has 0 aliphatic carbocycles. The summed E-state index contributed by atoms with van der Waals surface area (Å²) in [6, 6.07) is 4.46. The van der Waals surface area contributed by atoms with Gasteiger partial charge in [0, 0.05) is 24.4 Å². The Morgan fingerprint density at radius 2 is 2.26 bits per heavy atom. The van der Waals surface area contributed by atoms with Crippen LogP contribution in [0.15, 0.2) is 23.0 Å². The van der Waals surface area contributed by atoms with E-state index in [0.717, 1.165) is 12.1 Å². The lowest BCUT2D eigenvalue weighted by atomic mass is 10.3. The number of rotatable bonds is 4. The van der Waals surface area contributed by atoms with Gasteiger partial charge in [0.15, 0.2) is 5.82 Å². The van der Waals surface area contributed by atoms with Gasteiger partial charge in [-0.05, 0) is 19.4 Å². The number of aromatic nitrogens is 4. The molecular weight excluding hydrogens is 246 g/mol. The lowest BCUT2D eigenvalue weighted by Gasteiger charge is -2.05. The van der Waals surface area contributed by atoms with Gasteiger partial charge in [-0.3, -0.25) is 14.7 Å². The average Bonchev–Trinajstić information content (AvgIpc) is 2.77. The maximum Gasteiger partial charge on any atom is 0.277 e. The van der Waals surface area contributed by atoms with Gasteiger partial charge in [0.1, 0.15) is 5.69 Å². The number of hydrogen-bond donors (Lipinski definition) is 2. The number of nitrogens with one attached hydrogen (secondary N) is 2. The van der Waals surface area contributed by atoms with E-state index in [4.69, 9.17) is 0 Å². The Bertz CT molecular complexity index is 644. The van der Waals surface area contributed by atoms with Gasteiger partial charge in [-0.15, -0.1) is 0 Å². The third-order valence-corrected chi connectivity index (χ3v) is 2.48. The van der Waals surface area contributed by atoms with Gasteiger partial charge in [0.05, 0.1) is 0 Å². The van der Waals surface area contributed by atoms with Gasteiger partial charge >= 0.3 is 0 Å². The van der Waals surface area contributed by atoms with Crippen LogP contribution < -0.4 is 10.9 Å². The molecule has 0 saturated carbocycles. The molecule has 1 amide bonds. The van der Waals surface area contributed by atoms with E-state index in [1.165, 1.54) is 16.8 Å². The molecule has 2 aromatic rings. The molecule has 0 unspecified atom stereocenters. The Kier molecular flexibility index (Phi) is 3.74. The zero-order valence-corrected chi connectivity index (χ0v) is 10.8. The zero-order chi connectivity index (χ0) is 13.8.